The van der Waals surface area contributed by atoms with E-state index in [0.29, 0.717) is 0 Å². The molecule has 19 heavy (non-hydrogen) atoms. The lowest BCUT2D eigenvalue weighted by molar-refractivity contribution is 0.530. The molecule has 1 unspecified atom stereocenters. The topological polar surface area (TPSA) is 9.23 Å². The Hall–Kier alpha value is -0.386. The van der Waals surface area contributed by atoms with Gasteiger partial charge in [-0.2, -0.15) is 0 Å². The van der Waals surface area contributed by atoms with Gasteiger partial charge in [0.2, 0.25) is 0 Å². The van der Waals surface area contributed by atoms with Crippen LogP contribution in [0.1, 0.15) is 25.0 Å². The zero-order valence-corrected chi connectivity index (χ0v) is 15.5. The molecule has 0 spiro atoms. The van der Waals surface area contributed by atoms with Crippen LogP contribution in [-0.4, -0.2) is 16.6 Å². The highest BCUT2D eigenvalue weighted by atomic mass is 28.4. The van der Waals surface area contributed by atoms with Crippen LogP contribution in [0.2, 0.25) is 37.8 Å². The third kappa shape index (κ3) is 5.63. The van der Waals surface area contributed by atoms with E-state index in [4.69, 9.17) is 4.12 Å². The van der Waals surface area contributed by atoms with Crippen molar-refractivity contribution in [3.05, 3.63) is 35.4 Å². The van der Waals surface area contributed by atoms with E-state index in [-0.39, 0.29) is 0 Å². The van der Waals surface area contributed by atoms with Gasteiger partial charge in [-0.25, -0.2) is 0 Å². The van der Waals surface area contributed by atoms with Crippen LogP contribution in [0.3, 0.4) is 0 Å². The third-order valence-corrected chi connectivity index (χ3v) is 12.9. The summed E-state index contributed by atoms with van der Waals surface area (Å²) < 4.78 is 6.65. The van der Waals surface area contributed by atoms with Crippen LogP contribution < -0.4 is 0 Å². The molecular formula is C16H30OSi2. The van der Waals surface area contributed by atoms with Gasteiger partial charge in [-0.05, 0) is 56.7 Å². The molecule has 108 valence electrons. The zero-order chi connectivity index (χ0) is 14.5. The molecule has 0 radical (unpaired) electrons. The maximum atomic E-state index is 6.65. The van der Waals surface area contributed by atoms with Crippen LogP contribution in [0.25, 0.3) is 0 Å². The van der Waals surface area contributed by atoms with E-state index in [9.17, 15) is 0 Å². The highest BCUT2D eigenvalue weighted by Gasteiger charge is 2.33. The summed E-state index contributed by atoms with van der Waals surface area (Å²) in [6, 6.07) is 12.7. The van der Waals surface area contributed by atoms with Gasteiger partial charge < -0.3 is 4.12 Å². The van der Waals surface area contributed by atoms with Crippen molar-refractivity contribution < 1.29 is 4.12 Å². The maximum Gasteiger partial charge on any atom is 0.176 e. The van der Waals surface area contributed by atoms with E-state index in [2.05, 4.69) is 64.7 Å². The van der Waals surface area contributed by atoms with Crippen LogP contribution in [0, 0.1) is 6.92 Å². The Morgan fingerprint density at radius 1 is 0.947 bits per heavy atom. The molecule has 0 bridgehead atoms. The normalized spacial score (nSPS) is 15.3. The summed E-state index contributed by atoms with van der Waals surface area (Å²) in [5, 5.41) is 0. The largest absolute Gasteiger partial charge is 0.455 e. The fourth-order valence-corrected chi connectivity index (χ4v) is 10.3. The monoisotopic (exact) mass is 294 g/mol. The first-order valence-corrected chi connectivity index (χ1v) is 13.5. The van der Waals surface area contributed by atoms with E-state index in [0.717, 1.165) is 0 Å². The van der Waals surface area contributed by atoms with Crippen LogP contribution in [0.15, 0.2) is 24.3 Å². The quantitative estimate of drug-likeness (QED) is 0.614. The second-order valence-electron chi connectivity index (χ2n) is 6.50. The van der Waals surface area contributed by atoms with E-state index >= 15 is 0 Å². The van der Waals surface area contributed by atoms with Gasteiger partial charge in [-0.3, -0.25) is 0 Å². The van der Waals surface area contributed by atoms with Gasteiger partial charge in [0.25, 0.3) is 0 Å². The van der Waals surface area contributed by atoms with Crippen molar-refractivity contribution >= 4 is 16.6 Å². The first-order chi connectivity index (χ1) is 8.80. The minimum Gasteiger partial charge on any atom is -0.455 e. The molecular weight excluding hydrogens is 264 g/mol. The summed E-state index contributed by atoms with van der Waals surface area (Å²) in [6.45, 7) is 13.9. The Morgan fingerprint density at radius 2 is 1.53 bits per heavy atom. The molecule has 0 aromatic heterocycles. The fraction of sp³-hybridized carbons (Fsp3) is 0.625. The van der Waals surface area contributed by atoms with E-state index < -0.39 is 16.6 Å². The van der Waals surface area contributed by atoms with Crippen LogP contribution >= 0.6 is 0 Å². The Labute approximate surface area is 121 Å². The van der Waals surface area contributed by atoms with Crippen LogP contribution in [0.5, 0.6) is 0 Å². The molecule has 1 atom stereocenters. The number of aryl methyl sites for hydroxylation is 2. The maximum absolute atomic E-state index is 6.65. The SMILES string of the molecule is CC[Si](C)(C)O[Si](C)(CC)CCc1ccc(C)cc1. The Kier molecular flexibility index (Phi) is 6.02. The molecule has 0 saturated heterocycles. The molecule has 0 amide bonds. The summed E-state index contributed by atoms with van der Waals surface area (Å²) in [7, 11) is -2.93. The molecule has 0 fully saturated rings. The lowest BCUT2D eigenvalue weighted by Crippen LogP contribution is -2.45. The summed E-state index contributed by atoms with van der Waals surface area (Å²) in [5.41, 5.74) is 2.80. The average Bonchev–Trinajstić information content (AvgIpc) is 2.38. The molecule has 0 heterocycles. The predicted octanol–water partition coefficient (Wildman–Crippen LogP) is 5.37. The van der Waals surface area contributed by atoms with Gasteiger partial charge in [0.15, 0.2) is 16.6 Å². The highest BCUT2D eigenvalue weighted by Crippen LogP contribution is 2.26. The van der Waals surface area contributed by atoms with Crippen molar-refractivity contribution in [2.75, 3.05) is 0 Å². The van der Waals surface area contributed by atoms with Crippen LogP contribution in [-0.2, 0) is 10.5 Å². The summed E-state index contributed by atoms with van der Waals surface area (Å²) >= 11 is 0. The van der Waals surface area contributed by atoms with Gasteiger partial charge in [0.05, 0.1) is 0 Å². The second kappa shape index (κ2) is 6.86. The Balaban J connectivity index is 2.63. The smallest absolute Gasteiger partial charge is 0.176 e. The van der Waals surface area contributed by atoms with Crippen molar-refractivity contribution in [2.24, 2.45) is 0 Å². The average molecular weight is 295 g/mol. The van der Waals surface area contributed by atoms with Gasteiger partial charge >= 0.3 is 0 Å². The van der Waals surface area contributed by atoms with Gasteiger partial charge in [0, 0.05) is 0 Å². The lowest BCUT2D eigenvalue weighted by Gasteiger charge is -2.35. The van der Waals surface area contributed by atoms with Crippen LogP contribution in [0.4, 0.5) is 0 Å². The van der Waals surface area contributed by atoms with Crippen molar-refractivity contribution in [1.82, 2.24) is 0 Å². The van der Waals surface area contributed by atoms with Crippen molar-refractivity contribution in [1.29, 1.82) is 0 Å². The molecule has 1 aromatic rings. The molecule has 3 heteroatoms. The van der Waals surface area contributed by atoms with Crippen molar-refractivity contribution in [3.63, 3.8) is 0 Å². The van der Waals surface area contributed by atoms with Gasteiger partial charge in [0.1, 0.15) is 0 Å². The molecule has 0 N–H and O–H groups in total. The predicted molar refractivity (Wildman–Crippen MR) is 90.8 cm³/mol. The number of benzene rings is 1. The Morgan fingerprint density at radius 3 is 2.00 bits per heavy atom. The molecule has 1 aromatic carbocycles. The molecule has 0 aliphatic rings. The minimum absolute atomic E-state index is 1.17. The summed E-state index contributed by atoms with van der Waals surface area (Å²) in [5.74, 6) is 0. The first-order valence-electron chi connectivity index (χ1n) is 7.56. The third-order valence-electron chi connectivity index (χ3n) is 4.19. The Bertz CT molecular complexity index is 386. The highest BCUT2D eigenvalue weighted by molar-refractivity contribution is 6.85. The van der Waals surface area contributed by atoms with E-state index in [1.54, 1.807) is 0 Å². The summed E-state index contributed by atoms with van der Waals surface area (Å²) in [6.07, 6.45) is 1.17. The lowest BCUT2D eigenvalue weighted by atomic mass is 10.1. The number of rotatable bonds is 7. The molecule has 0 aliphatic heterocycles. The molecule has 0 saturated carbocycles. The zero-order valence-electron chi connectivity index (χ0n) is 13.5. The van der Waals surface area contributed by atoms with Crippen molar-refractivity contribution in [3.8, 4) is 0 Å². The van der Waals surface area contributed by atoms with Gasteiger partial charge in [-0.1, -0.05) is 43.7 Å². The molecule has 1 rings (SSSR count). The summed E-state index contributed by atoms with van der Waals surface area (Å²) in [4.78, 5) is 0. The second-order valence-corrected chi connectivity index (χ2v) is 15.7. The first kappa shape index (κ1) is 16.7. The molecule has 1 nitrogen and oxygen atoms in total. The van der Waals surface area contributed by atoms with Crippen molar-refractivity contribution in [2.45, 2.75) is 65.0 Å². The molecule has 0 aliphatic carbocycles. The van der Waals surface area contributed by atoms with Gasteiger partial charge in [-0.15, -0.1) is 0 Å². The standard InChI is InChI=1S/C16H30OSi2/c1-7-18(4,5)17-19(6,8-2)14-13-16-11-9-15(3)10-12-16/h9-12H,7-8,13-14H2,1-6H3. The van der Waals surface area contributed by atoms with E-state index in [1.165, 1.54) is 35.7 Å². The number of hydrogen-bond donors (Lipinski definition) is 0. The minimum atomic E-state index is -1.51. The fourth-order valence-electron chi connectivity index (χ4n) is 2.20. The number of hydrogen-bond acceptors (Lipinski definition) is 1. The van der Waals surface area contributed by atoms with E-state index in [1.807, 2.05) is 0 Å².